The molecule has 0 spiro atoms. The van der Waals surface area contributed by atoms with Crippen molar-refractivity contribution in [1.82, 2.24) is 19.2 Å². The molecule has 0 aliphatic carbocycles. The Hall–Kier alpha value is -3.33. The quantitative estimate of drug-likeness (QED) is 0.227. The van der Waals surface area contributed by atoms with Gasteiger partial charge < -0.3 is 4.74 Å². The van der Waals surface area contributed by atoms with E-state index in [-0.39, 0.29) is 17.1 Å². The van der Waals surface area contributed by atoms with Crippen LogP contribution in [0.3, 0.4) is 0 Å². The zero-order chi connectivity index (χ0) is 23.8. The Morgan fingerprint density at radius 2 is 1.79 bits per heavy atom. The molecule has 5 rings (SSSR count). The maximum absolute atomic E-state index is 13.4. The van der Waals surface area contributed by atoms with Crippen LogP contribution in [0.25, 0.3) is 22.4 Å². The minimum atomic E-state index is -0.223. The number of para-hydroxylation sites is 1. The third kappa shape index (κ3) is 3.94. The molecule has 5 aromatic rings. The highest BCUT2D eigenvalue weighted by Crippen LogP contribution is 2.27. The van der Waals surface area contributed by atoms with Gasteiger partial charge in [0.05, 0.1) is 34.5 Å². The fraction of sp³-hybridized carbons (Fsp3) is 0.0833. The largest absolute Gasteiger partial charge is 0.497 e. The number of methoxy groups -OCH3 is 1. The summed E-state index contributed by atoms with van der Waals surface area (Å²) in [5, 5.41) is 10.3. The van der Waals surface area contributed by atoms with Crippen LogP contribution < -0.4 is 10.3 Å². The summed E-state index contributed by atoms with van der Waals surface area (Å²) in [6.07, 6.45) is 0. The number of halogens is 2. The van der Waals surface area contributed by atoms with E-state index in [1.807, 2.05) is 12.1 Å². The van der Waals surface area contributed by atoms with Gasteiger partial charge in [-0.1, -0.05) is 47.1 Å². The van der Waals surface area contributed by atoms with Crippen molar-refractivity contribution in [3.63, 3.8) is 0 Å². The smallest absolute Gasteiger partial charge is 0.267 e. The van der Waals surface area contributed by atoms with Crippen molar-refractivity contribution in [2.24, 2.45) is 0 Å². The van der Waals surface area contributed by atoms with E-state index in [4.69, 9.17) is 27.9 Å². The number of carbonyl (C=O) groups excluding carboxylic acids is 1. The molecule has 3 aromatic carbocycles. The Bertz CT molecular complexity index is 1610. The van der Waals surface area contributed by atoms with Crippen LogP contribution in [0.5, 0.6) is 5.75 Å². The van der Waals surface area contributed by atoms with Crippen LogP contribution in [-0.4, -0.2) is 37.8 Å². The van der Waals surface area contributed by atoms with E-state index in [0.29, 0.717) is 48.9 Å². The molecule has 0 amide bonds. The highest BCUT2D eigenvalue weighted by Gasteiger charge is 2.19. The first-order valence-electron chi connectivity index (χ1n) is 10.1. The summed E-state index contributed by atoms with van der Waals surface area (Å²) in [6.45, 7) is 0. The van der Waals surface area contributed by atoms with Gasteiger partial charge in [-0.15, -0.1) is 10.2 Å². The van der Waals surface area contributed by atoms with Crippen molar-refractivity contribution >= 4 is 57.4 Å². The van der Waals surface area contributed by atoms with Crippen LogP contribution >= 0.6 is 35.0 Å². The summed E-state index contributed by atoms with van der Waals surface area (Å²) < 4.78 is 8.50. The van der Waals surface area contributed by atoms with Gasteiger partial charge in [-0.25, -0.2) is 4.57 Å². The SMILES string of the molecule is COc1ccc(-n2c(=O)c3ccccc3n3c(SCC(=O)c4cc(Cl)ccc4Cl)nnc23)cc1. The second kappa shape index (κ2) is 9.13. The monoisotopic (exact) mass is 510 g/mol. The molecule has 7 nitrogen and oxygen atoms in total. The minimum absolute atomic E-state index is 0.0663. The van der Waals surface area contributed by atoms with Crippen molar-refractivity contribution in [3.05, 3.63) is 92.7 Å². The first-order chi connectivity index (χ1) is 16.5. The third-order valence-corrected chi connectivity index (χ3v) is 6.78. The third-order valence-electron chi connectivity index (χ3n) is 5.29. The number of ketones is 1. The molecule has 0 saturated carbocycles. The molecular formula is C24H16Cl2N4O3S. The molecule has 0 atom stereocenters. The molecule has 0 fully saturated rings. The summed E-state index contributed by atoms with van der Waals surface area (Å²) in [4.78, 5) is 26.2. The molecule has 0 N–H and O–H groups in total. The van der Waals surface area contributed by atoms with Gasteiger partial charge in [0.15, 0.2) is 10.9 Å². The average Bonchev–Trinajstić information content (AvgIpc) is 3.28. The number of rotatable bonds is 6. The predicted molar refractivity (Wildman–Crippen MR) is 134 cm³/mol. The normalized spacial score (nSPS) is 11.3. The number of aromatic nitrogens is 4. The molecule has 10 heteroatoms. The molecule has 0 bridgehead atoms. The van der Waals surface area contributed by atoms with Crippen molar-refractivity contribution < 1.29 is 9.53 Å². The maximum Gasteiger partial charge on any atom is 0.267 e. The summed E-state index contributed by atoms with van der Waals surface area (Å²) in [6, 6.07) is 19.1. The number of hydrogen-bond donors (Lipinski definition) is 0. The van der Waals surface area contributed by atoms with E-state index in [1.165, 1.54) is 16.3 Å². The lowest BCUT2D eigenvalue weighted by Crippen LogP contribution is -2.21. The van der Waals surface area contributed by atoms with Gasteiger partial charge in [0.25, 0.3) is 5.56 Å². The Kier molecular flexibility index (Phi) is 6.03. The number of hydrogen-bond acceptors (Lipinski definition) is 6. The number of Topliss-reactive ketones (excluding diaryl/α,β-unsaturated/α-hetero) is 1. The molecule has 2 heterocycles. The van der Waals surface area contributed by atoms with Crippen molar-refractivity contribution in [3.8, 4) is 11.4 Å². The summed E-state index contributed by atoms with van der Waals surface area (Å²) in [5.41, 5.74) is 1.38. The van der Waals surface area contributed by atoms with Gasteiger partial charge in [-0.05, 0) is 54.6 Å². The van der Waals surface area contributed by atoms with Crippen LogP contribution in [0.2, 0.25) is 10.0 Å². The van der Waals surface area contributed by atoms with Crippen LogP contribution in [0.1, 0.15) is 10.4 Å². The van der Waals surface area contributed by atoms with E-state index >= 15 is 0 Å². The molecule has 0 unspecified atom stereocenters. The Morgan fingerprint density at radius 1 is 1.03 bits per heavy atom. The van der Waals surface area contributed by atoms with Crippen molar-refractivity contribution in [2.75, 3.05) is 12.9 Å². The van der Waals surface area contributed by atoms with E-state index in [1.54, 1.807) is 66.1 Å². The molecule has 170 valence electrons. The topological polar surface area (TPSA) is 78.5 Å². The zero-order valence-electron chi connectivity index (χ0n) is 17.7. The number of nitrogens with zero attached hydrogens (tertiary/aromatic N) is 4. The second-order valence-electron chi connectivity index (χ2n) is 7.31. The Labute approximate surface area is 207 Å². The van der Waals surface area contributed by atoms with Gasteiger partial charge >= 0.3 is 0 Å². The minimum Gasteiger partial charge on any atom is -0.497 e. The fourth-order valence-corrected chi connectivity index (χ4v) is 4.87. The number of benzene rings is 3. The highest BCUT2D eigenvalue weighted by molar-refractivity contribution is 7.99. The molecule has 0 radical (unpaired) electrons. The molecule has 0 saturated heterocycles. The van der Waals surface area contributed by atoms with Crippen molar-refractivity contribution in [2.45, 2.75) is 5.16 Å². The van der Waals surface area contributed by atoms with E-state index in [0.717, 1.165) is 0 Å². The molecule has 34 heavy (non-hydrogen) atoms. The van der Waals surface area contributed by atoms with Crippen LogP contribution in [0, 0.1) is 0 Å². The van der Waals surface area contributed by atoms with Gasteiger partial charge in [0.1, 0.15) is 5.75 Å². The lowest BCUT2D eigenvalue weighted by molar-refractivity contribution is 0.102. The van der Waals surface area contributed by atoms with Crippen LogP contribution in [0.4, 0.5) is 0 Å². The summed E-state index contributed by atoms with van der Waals surface area (Å²) >= 11 is 13.4. The van der Waals surface area contributed by atoms with Crippen molar-refractivity contribution in [1.29, 1.82) is 0 Å². The number of thioether (sulfide) groups is 1. The number of ether oxygens (including phenoxy) is 1. The average molecular weight is 511 g/mol. The number of fused-ring (bicyclic) bond motifs is 3. The first-order valence-corrected chi connectivity index (χ1v) is 11.9. The first kappa shape index (κ1) is 22.5. The van der Waals surface area contributed by atoms with Gasteiger partial charge in [-0.2, -0.15) is 0 Å². The standard InChI is InChI=1S/C24H16Cl2N4O3S/c1-33-16-9-7-15(8-10-16)29-22(32)17-4-2-3-5-20(17)30-23(29)27-28-24(30)34-13-21(31)18-12-14(25)6-11-19(18)26/h2-12H,13H2,1H3. The van der Waals surface area contributed by atoms with E-state index in [2.05, 4.69) is 10.2 Å². The Morgan fingerprint density at radius 3 is 2.56 bits per heavy atom. The predicted octanol–water partition coefficient (Wildman–Crippen LogP) is 5.32. The second-order valence-corrected chi connectivity index (χ2v) is 9.10. The van der Waals surface area contributed by atoms with Gasteiger partial charge in [-0.3, -0.25) is 14.0 Å². The van der Waals surface area contributed by atoms with E-state index < -0.39 is 0 Å². The zero-order valence-corrected chi connectivity index (χ0v) is 20.1. The fourth-order valence-electron chi connectivity index (χ4n) is 3.66. The van der Waals surface area contributed by atoms with E-state index in [9.17, 15) is 9.59 Å². The van der Waals surface area contributed by atoms with Gasteiger partial charge in [0.2, 0.25) is 5.78 Å². The molecular weight excluding hydrogens is 495 g/mol. The lowest BCUT2D eigenvalue weighted by atomic mass is 10.1. The molecule has 0 aliphatic rings. The van der Waals surface area contributed by atoms with Crippen LogP contribution in [-0.2, 0) is 0 Å². The molecule has 2 aromatic heterocycles. The highest BCUT2D eigenvalue weighted by atomic mass is 35.5. The summed E-state index contributed by atoms with van der Waals surface area (Å²) in [5.74, 6) is 0.882. The maximum atomic E-state index is 13.4. The summed E-state index contributed by atoms with van der Waals surface area (Å²) in [7, 11) is 1.58. The molecule has 0 aliphatic heterocycles. The van der Waals surface area contributed by atoms with Gasteiger partial charge in [0, 0.05) is 10.6 Å². The van der Waals surface area contributed by atoms with Crippen LogP contribution in [0.15, 0.2) is 76.7 Å². The lowest BCUT2D eigenvalue weighted by Gasteiger charge is -2.12. The Balaban J connectivity index is 1.62. The number of carbonyl (C=O) groups is 1.